The normalized spacial score (nSPS) is 16.0. The van der Waals surface area contributed by atoms with E-state index >= 15 is 0 Å². The van der Waals surface area contributed by atoms with Crippen molar-refractivity contribution in [1.82, 2.24) is 10.3 Å². The Morgan fingerprint density at radius 1 is 1.42 bits per heavy atom. The smallest absolute Gasteiger partial charge is 0.243 e. The van der Waals surface area contributed by atoms with Crippen molar-refractivity contribution < 1.29 is 4.79 Å². The molecule has 0 saturated heterocycles. The third-order valence-electron chi connectivity index (χ3n) is 4.16. The number of benzene rings is 1. The van der Waals surface area contributed by atoms with Gasteiger partial charge in [0.2, 0.25) is 5.91 Å². The molecule has 3 rings (SSSR count). The molecule has 0 spiro atoms. The Labute approximate surface area is 141 Å². The molecule has 1 atom stereocenters. The minimum atomic E-state index is -0.152. The number of pyridine rings is 1. The van der Waals surface area contributed by atoms with Gasteiger partial charge in [-0.25, -0.2) is 4.98 Å². The molecule has 1 aromatic heterocycles. The topological polar surface area (TPSA) is 69.0 Å². The molecule has 0 saturated carbocycles. The van der Waals surface area contributed by atoms with Crippen LogP contribution >= 0.6 is 0 Å². The van der Waals surface area contributed by atoms with Gasteiger partial charge in [-0.1, -0.05) is 24.8 Å². The number of amides is 1. The fourth-order valence-electron chi connectivity index (χ4n) is 2.99. The van der Waals surface area contributed by atoms with Crippen LogP contribution in [0.4, 0.5) is 11.4 Å². The Morgan fingerprint density at radius 2 is 2.25 bits per heavy atom. The molecule has 0 radical (unpaired) electrons. The van der Waals surface area contributed by atoms with Crippen molar-refractivity contribution in [2.75, 3.05) is 18.0 Å². The number of aromatic nitrogens is 1. The number of anilines is 2. The Hall–Kier alpha value is -3.13. The molecule has 0 aliphatic carbocycles. The number of rotatable bonds is 4. The van der Waals surface area contributed by atoms with Crippen LogP contribution in [0.15, 0.2) is 55.3 Å². The van der Waals surface area contributed by atoms with Crippen LogP contribution in [0.2, 0.25) is 0 Å². The molecular formula is C19H18N4O. The minimum Gasteiger partial charge on any atom is -0.352 e. The first-order valence-electron chi connectivity index (χ1n) is 7.83. The first-order chi connectivity index (χ1) is 11.7. The number of fused-ring (bicyclic) bond motifs is 1. The summed E-state index contributed by atoms with van der Waals surface area (Å²) in [6, 6.07) is 13.9. The second-order valence-electron chi connectivity index (χ2n) is 5.77. The van der Waals surface area contributed by atoms with Crippen molar-refractivity contribution in [3.8, 4) is 6.07 Å². The molecule has 1 aliphatic rings. The van der Waals surface area contributed by atoms with Crippen LogP contribution < -0.4 is 10.2 Å². The van der Waals surface area contributed by atoms with Crippen molar-refractivity contribution in [3.63, 3.8) is 0 Å². The molecule has 2 aromatic rings. The Bertz CT molecular complexity index is 792. The van der Waals surface area contributed by atoms with E-state index in [0.717, 1.165) is 24.3 Å². The number of carbonyl (C=O) groups is 1. The van der Waals surface area contributed by atoms with Crippen molar-refractivity contribution in [2.45, 2.75) is 6.42 Å². The van der Waals surface area contributed by atoms with Gasteiger partial charge in [-0.05, 0) is 42.2 Å². The van der Waals surface area contributed by atoms with E-state index in [4.69, 9.17) is 5.26 Å². The maximum atomic E-state index is 11.4. The van der Waals surface area contributed by atoms with Crippen LogP contribution in [0.3, 0.4) is 0 Å². The number of nitrogens with one attached hydrogen (secondary N) is 1. The zero-order valence-corrected chi connectivity index (χ0v) is 13.3. The molecule has 5 nitrogen and oxygen atoms in total. The predicted molar refractivity (Wildman–Crippen MR) is 92.8 cm³/mol. The largest absolute Gasteiger partial charge is 0.352 e. The first-order valence-corrected chi connectivity index (χ1v) is 7.83. The number of para-hydroxylation sites is 1. The van der Waals surface area contributed by atoms with Gasteiger partial charge < -0.3 is 10.2 Å². The van der Waals surface area contributed by atoms with Gasteiger partial charge in [0, 0.05) is 18.8 Å². The van der Waals surface area contributed by atoms with E-state index in [2.05, 4.69) is 33.9 Å². The van der Waals surface area contributed by atoms with Crippen molar-refractivity contribution >= 4 is 17.3 Å². The van der Waals surface area contributed by atoms with E-state index < -0.39 is 0 Å². The fraction of sp³-hybridized carbons (Fsp3) is 0.211. The molecular weight excluding hydrogens is 300 g/mol. The van der Waals surface area contributed by atoms with Crippen molar-refractivity contribution in [1.29, 1.82) is 5.26 Å². The summed E-state index contributed by atoms with van der Waals surface area (Å²) >= 11 is 0. The minimum absolute atomic E-state index is 0.152. The second-order valence-corrected chi connectivity index (χ2v) is 5.77. The zero-order valence-electron chi connectivity index (χ0n) is 13.3. The van der Waals surface area contributed by atoms with Gasteiger partial charge in [0.15, 0.2) is 0 Å². The van der Waals surface area contributed by atoms with Crippen molar-refractivity contribution in [3.05, 3.63) is 66.5 Å². The predicted octanol–water partition coefficient (Wildman–Crippen LogP) is 2.57. The summed E-state index contributed by atoms with van der Waals surface area (Å²) in [6.45, 7) is 4.86. The lowest BCUT2D eigenvalue weighted by Crippen LogP contribution is -2.39. The second kappa shape index (κ2) is 6.97. The third-order valence-corrected chi connectivity index (χ3v) is 4.16. The lowest BCUT2D eigenvalue weighted by molar-refractivity contribution is -0.116. The van der Waals surface area contributed by atoms with Crippen LogP contribution in [0.25, 0.3) is 0 Å². The summed E-state index contributed by atoms with van der Waals surface area (Å²) in [7, 11) is 0. The van der Waals surface area contributed by atoms with Crippen LogP contribution in [0.1, 0.15) is 11.3 Å². The molecule has 1 unspecified atom stereocenters. The Balaban J connectivity index is 1.87. The van der Waals surface area contributed by atoms with E-state index in [1.54, 1.807) is 12.3 Å². The first kappa shape index (κ1) is 15.8. The Morgan fingerprint density at radius 3 is 2.96 bits per heavy atom. The lowest BCUT2D eigenvalue weighted by Gasteiger charge is -2.36. The zero-order chi connectivity index (χ0) is 16.9. The van der Waals surface area contributed by atoms with Crippen LogP contribution in [0.5, 0.6) is 0 Å². The molecule has 120 valence electrons. The highest BCUT2D eigenvalue weighted by atomic mass is 16.1. The van der Waals surface area contributed by atoms with Gasteiger partial charge in [0.1, 0.15) is 11.8 Å². The summed E-state index contributed by atoms with van der Waals surface area (Å²) in [5, 5.41) is 11.8. The molecule has 0 fully saturated rings. The third kappa shape index (κ3) is 3.28. The van der Waals surface area contributed by atoms with E-state index in [9.17, 15) is 4.79 Å². The molecule has 1 aromatic carbocycles. The number of hydrogen-bond acceptors (Lipinski definition) is 4. The fourth-order valence-corrected chi connectivity index (χ4v) is 2.99. The van der Waals surface area contributed by atoms with E-state index in [1.807, 2.05) is 24.3 Å². The highest BCUT2D eigenvalue weighted by molar-refractivity contribution is 5.86. The molecule has 24 heavy (non-hydrogen) atoms. The Kier molecular flexibility index (Phi) is 4.57. The van der Waals surface area contributed by atoms with E-state index in [0.29, 0.717) is 18.2 Å². The average molecular weight is 318 g/mol. The maximum absolute atomic E-state index is 11.4. The monoisotopic (exact) mass is 318 g/mol. The standard InChI is InChI=1S/C19H18N4O/c1-2-19(24)22-11-14-9-15-5-3-4-6-18(15)23(13-14)17-8-7-16(10-20)21-12-17/h2-8,12,14H,1,9,11,13H2,(H,22,24). The van der Waals surface area contributed by atoms with E-state index in [1.165, 1.54) is 11.6 Å². The molecule has 2 heterocycles. The maximum Gasteiger partial charge on any atom is 0.243 e. The summed E-state index contributed by atoms with van der Waals surface area (Å²) < 4.78 is 0. The molecule has 1 N–H and O–H groups in total. The molecule has 1 aliphatic heterocycles. The quantitative estimate of drug-likeness (QED) is 0.880. The van der Waals surface area contributed by atoms with Gasteiger partial charge in [-0.2, -0.15) is 5.26 Å². The number of nitrogens with zero attached hydrogens (tertiary/aromatic N) is 3. The lowest BCUT2D eigenvalue weighted by atomic mass is 9.92. The highest BCUT2D eigenvalue weighted by Gasteiger charge is 2.25. The summed E-state index contributed by atoms with van der Waals surface area (Å²) in [5.74, 6) is 0.139. The number of nitriles is 1. The van der Waals surface area contributed by atoms with Gasteiger partial charge in [-0.15, -0.1) is 0 Å². The van der Waals surface area contributed by atoms with Gasteiger partial charge in [0.05, 0.1) is 11.9 Å². The molecule has 0 bridgehead atoms. The summed E-state index contributed by atoms with van der Waals surface area (Å²) in [6.07, 6.45) is 3.92. The van der Waals surface area contributed by atoms with Gasteiger partial charge in [0.25, 0.3) is 0 Å². The SMILES string of the molecule is C=CC(=O)NCC1Cc2ccccc2N(c2ccc(C#N)nc2)C1. The molecule has 1 amide bonds. The summed E-state index contributed by atoms with van der Waals surface area (Å²) in [4.78, 5) is 17.8. The van der Waals surface area contributed by atoms with Crippen molar-refractivity contribution in [2.24, 2.45) is 5.92 Å². The molecule has 5 heteroatoms. The van der Waals surface area contributed by atoms with Crippen LogP contribution in [0, 0.1) is 17.2 Å². The average Bonchev–Trinajstić information content (AvgIpc) is 2.65. The van der Waals surface area contributed by atoms with Crippen LogP contribution in [-0.2, 0) is 11.2 Å². The van der Waals surface area contributed by atoms with Gasteiger partial charge in [-0.3, -0.25) is 4.79 Å². The van der Waals surface area contributed by atoms with E-state index in [-0.39, 0.29) is 5.91 Å². The number of hydrogen-bond donors (Lipinski definition) is 1. The summed E-state index contributed by atoms with van der Waals surface area (Å²) in [5.41, 5.74) is 3.74. The van der Waals surface area contributed by atoms with Gasteiger partial charge >= 0.3 is 0 Å². The number of carbonyl (C=O) groups excluding carboxylic acids is 1. The highest BCUT2D eigenvalue weighted by Crippen LogP contribution is 2.34. The van der Waals surface area contributed by atoms with Crippen LogP contribution in [-0.4, -0.2) is 24.0 Å².